The summed E-state index contributed by atoms with van der Waals surface area (Å²) in [7, 11) is -0.802. The zero-order valence-electron chi connectivity index (χ0n) is 12.6. The van der Waals surface area contributed by atoms with E-state index in [1.165, 1.54) is 6.42 Å². The molecule has 0 fully saturated rings. The molecule has 16 heavy (non-hydrogen) atoms. The Morgan fingerprint density at radius 3 is 2.06 bits per heavy atom. The fraction of sp³-hybridized carbons (Fsp3) is 0.846. The molecule has 96 valence electrons. The average Bonchev–Trinajstić information content (AvgIpc) is 2.13. The molecule has 0 saturated heterocycles. The molecule has 0 aliphatic heterocycles. The van der Waals surface area contributed by atoms with Gasteiger partial charge in [-0.2, -0.15) is 0 Å². The summed E-state index contributed by atoms with van der Waals surface area (Å²) in [5, 5.41) is 5.41. The third-order valence-corrected chi connectivity index (χ3v) is 10.2. The van der Waals surface area contributed by atoms with E-state index in [0.717, 1.165) is 0 Å². The van der Waals surface area contributed by atoms with E-state index in [2.05, 4.69) is 59.6 Å². The molecule has 2 unspecified atom stereocenters. The molecule has 0 amide bonds. The molecule has 0 radical (unpaired) electrons. The average molecular weight is 258 g/mol. The monoisotopic (exact) mass is 257 g/mol. The zero-order chi connectivity index (χ0) is 12.9. The standard InChI is InChI=1S/C13H31NSi2/c1-9-10(2)14-12(4)11(3)13(5)15-16(6,7)8/h10,12,14H,9,15H2,1-8H3. The number of nitrogens with one attached hydrogen (secondary N) is 1. The Morgan fingerprint density at radius 2 is 1.69 bits per heavy atom. The van der Waals surface area contributed by atoms with E-state index >= 15 is 0 Å². The van der Waals surface area contributed by atoms with Crippen LogP contribution in [0.5, 0.6) is 0 Å². The van der Waals surface area contributed by atoms with Crippen LogP contribution in [0.2, 0.25) is 19.6 Å². The molecule has 0 aromatic rings. The Balaban J connectivity index is 4.49. The van der Waals surface area contributed by atoms with Crippen molar-refractivity contribution in [2.24, 2.45) is 0 Å². The third kappa shape index (κ3) is 6.66. The lowest BCUT2D eigenvalue weighted by molar-refractivity contribution is 0.491. The highest BCUT2D eigenvalue weighted by atomic mass is 29.2. The predicted octanol–water partition coefficient (Wildman–Crippen LogP) is 3.06. The van der Waals surface area contributed by atoms with Gasteiger partial charge in [-0.3, -0.25) is 0 Å². The van der Waals surface area contributed by atoms with Crippen LogP contribution in [0.15, 0.2) is 10.8 Å². The maximum atomic E-state index is 3.68. The molecular weight excluding hydrogens is 226 g/mol. The predicted molar refractivity (Wildman–Crippen MR) is 82.6 cm³/mol. The second-order valence-corrected chi connectivity index (χ2v) is 20.4. The minimum Gasteiger partial charge on any atom is -0.308 e. The van der Waals surface area contributed by atoms with Gasteiger partial charge in [0, 0.05) is 28.7 Å². The molecule has 0 aliphatic carbocycles. The van der Waals surface area contributed by atoms with Gasteiger partial charge in [-0.15, -0.1) is 0 Å². The van der Waals surface area contributed by atoms with Gasteiger partial charge in [0.1, 0.15) is 0 Å². The van der Waals surface area contributed by atoms with Gasteiger partial charge in [-0.1, -0.05) is 37.3 Å². The van der Waals surface area contributed by atoms with Gasteiger partial charge in [-0.05, 0) is 34.1 Å². The van der Waals surface area contributed by atoms with Crippen LogP contribution in [0.4, 0.5) is 0 Å². The van der Waals surface area contributed by atoms with Gasteiger partial charge in [0.15, 0.2) is 0 Å². The van der Waals surface area contributed by atoms with Crippen molar-refractivity contribution in [3.05, 3.63) is 10.8 Å². The fourth-order valence-electron chi connectivity index (χ4n) is 1.97. The largest absolute Gasteiger partial charge is 0.308 e. The van der Waals surface area contributed by atoms with Crippen molar-refractivity contribution in [1.29, 1.82) is 0 Å². The molecular formula is C13H31NSi2. The summed E-state index contributed by atoms with van der Waals surface area (Å²) < 4.78 is 0. The van der Waals surface area contributed by atoms with E-state index in [-0.39, 0.29) is 9.04 Å². The zero-order valence-corrected chi connectivity index (χ0v) is 15.0. The summed E-state index contributed by atoms with van der Waals surface area (Å²) in [4.78, 5) is 0. The van der Waals surface area contributed by atoms with Crippen molar-refractivity contribution in [3.8, 4) is 0 Å². The van der Waals surface area contributed by atoms with Crippen LogP contribution in [0.3, 0.4) is 0 Å². The topological polar surface area (TPSA) is 12.0 Å². The molecule has 0 saturated carbocycles. The first-order valence-electron chi connectivity index (χ1n) is 6.59. The van der Waals surface area contributed by atoms with Crippen LogP contribution in [-0.2, 0) is 0 Å². The molecule has 0 aromatic heterocycles. The summed E-state index contributed by atoms with van der Waals surface area (Å²) in [5.41, 5.74) is 1.61. The Kier molecular flexibility index (Phi) is 6.83. The Hall–Kier alpha value is 0.134. The second kappa shape index (κ2) is 6.77. The van der Waals surface area contributed by atoms with E-state index in [1.54, 1.807) is 10.8 Å². The SMILES string of the molecule is CCC(C)NC(C)C(C)=C(C)[SiH2][Si](C)(C)C. The van der Waals surface area contributed by atoms with E-state index in [9.17, 15) is 0 Å². The third-order valence-electron chi connectivity index (χ3n) is 3.27. The Labute approximate surface area is 106 Å². The minimum absolute atomic E-state index is 0.0221. The maximum Gasteiger partial charge on any atom is 0.0436 e. The van der Waals surface area contributed by atoms with Gasteiger partial charge >= 0.3 is 0 Å². The van der Waals surface area contributed by atoms with Gasteiger partial charge in [0.25, 0.3) is 0 Å². The summed E-state index contributed by atoms with van der Waals surface area (Å²) in [6.45, 7) is 19.0. The van der Waals surface area contributed by atoms with Crippen molar-refractivity contribution in [2.75, 3.05) is 0 Å². The summed E-state index contributed by atoms with van der Waals surface area (Å²) in [6.07, 6.45) is 1.21. The van der Waals surface area contributed by atoms with Crippen molar-refractivity contribution in [2.45, 2.75) is 72.8 Å². The number of rotatable bonds is 6. The van der Waals surface area contributed by atoms with Crippen LogP contribution in [0, 0.1) is 0 Å². The molecule has 0 bridgehead atoms. The first kappa shape index (κ1) is 16.1. The Morgan fingerprint density at radius 1 is 1.19 bits per heavy atom. The Bertz CT molecular complexity index is 241. The highest BCUT2D eigenvalue weighted by Crippen LogP contribution is 2.12. The number of hydrogen-bond donors (Lipinski definition) is 1. The normalized spacial score (nSPS) is 18.8. The van der Waals surface area contributed by atoms with Gasteiger partial charge in [-0.25, -0.2) is 0 Å². The quantitative estimate of drug-likeness (QED) is 0.721. The second-order valence-electron chi connectivity index (χ2n) is 6.40. The molecule has 2 atom stereocenters. The summed E-state index contributed by atoms with van der Waals surface area (Å²) in [5.74, 6) is 0. The smallest absolute Gasteiger partial charge is 0.0436 e. The molecule has 3 heteroatoms. The van der Waals surface area contributed by atoms with Crippen LogP contribution in [0.1, 0.15) is 41.0 Å². The van der Waals surface area contributed by atoms with Crippen molar-refractivity contribution in [3.63, 3.8) is 0 Å². The van der Waals surface area contributed by atoms with Crippen LogP contribution in [0.25, 0.3) is 0 Å². The molecule has 0 aliphatic rings. The lowest BCUT2D eigenvalue weighted by Gasteiger charge is -2.24. The van der Waals surface area contributed by atoms with E-state index in [4.69, 9.17) is 0 Å². The number of hydrogen-bond acceptors (Lipinski definition) is 1. The van der Waals surface area contributed by atoms with Crippen LogP contribution in [-0.4, -0.2) is 28.7 Å². The van der Waals surface area contributed by atoms with Crippen molar-refractivity contribution in [1.82, 2.24) is 5.32 Å². The van der Waals surface area contributed by atoms with Crippen LogP contribution < -0.4 is 5.32 Å². The first-order valence-corrected chi connectivity index (χ1v) is 13.1. The lowest BCUT2D eigenvalue weighted by Crippen LogP contribution is -2.37. The highest BCUT2D eigenvalue weighted by Gasteiger charge is 2.17. The molecule has 0 heterocycles. The summed E-state index contributed by atoms with van der Waals surface area (Å²) >= 11 is 0. The van der Waals surface area contributed by atoms with Gasteiger partial charge in [0.05, 0.1) is 0 Å². The molecule has 0 aromatic carbocycles. The van der Waals surface area contributed by atoms with E-state index < -0.39 is 7.59 Å². The van der Waals surface area contributed by atoms with Crippen LogP contribution >= 0.6 is 0 Å². The van der Waals surface area contributed by atoms with Crippen molar-refractivity contribution < 1.29 is 0 Å². The first-order chi connectivity index (χ1) is 7.17. The molecule has 1 nitrogen and oxygen atoms in total. The molecule has 0 spiro atoms. The lowest BCUT2D eigenvalue weighted by atomic mass is 10.1. The van der Waals surface area contributed by atoms with Gasteiger partial charge < -0.3 is 5.32 Å². The van der Waals surface area contributed by atoms with Crippen molar-refractivity contribution >= 4 is 16.6 Å². The van der Waals surface area contributed by atoms with Gasteiger partial charge in [0.2, 0.25) is 0 Å². The van der Waals surface area contributed by atoms with E-state index in [1.807, 2.05) is 0 Å². The molecule has 0 rings (SSSR count). The number of allylic oxidation sites excluding steroid dienone is 1. The summed E-state index contributed by atoms with van der Waals surface area (Å²) in [6, 6.07) is 1.19. The van der Waals surface area contributed by atoms with E-state index in [0.29, 0.717) is 12.1 Å². The highest BCUT2D eigenvalue weighted by molar-refractivity contribution is 7.25. The molecule has 1 N–H and O–H groups in total. The minimum atomic E-state index is -0.824. The fourth-order valence-corrected chi connectivity index (χ4v) is 9.76. The maximum absolute atomic E-state index is 3.68.